The molecule has 1 aromatic carbocycles. The van der Waals surface area contributed by atoms with Gasteiger partial charge in [0.2, 0.25) is 0 Å². The van der Waals surface area contributed by atoms with Crippen LogP contribution in [0, 0.1) is 6.92 Å². The van der Waals surface area contributed by atoms with Crippen LogP contribution in [0.2, 0.25) is 0 Å². The van der Waals surface area contributed by atoms with Gasteiger partial charge in [-0.1, -0.05) is 32.9 Å². The summed E-state index contributed by atoms with van der Waals surface area (Å²) in [5.74, 6) is 0.646. The molecule has 0 atom stereocenters. The van der Waals surface area contributed by atoms with Crippen LogP contribution in [0.15, 0.2) is 18.2 Å². The summed E-state index contributed by atoms with van der Waals surface area (Å²) in [4.78, 5) is 11.9. The van der Waals surface area contributed by atoms with E-state index in [1.165, 1.54) is 5.56 Å². The number of carbonyl (C=O) groups is 1. The number of carbonyl (C=O) groups excluding carboxylic acids is 1. The molecule has 0 amide bonds. The minimum atomic E-state index is 0.182. The number of benzene rings is 1. The second-order valence-electron chi connectivity index (χ2n) is 4.43. The summed E-state index contributed by atoms with van der Waals surface area (Å²) < 4.78 is 0. The number of aryl methyl sites for hydroxylation is 1. The summed E-state index contributed by atoms with van der Waals surface area (Å²) in [6.45, 7) is 9.54. The molecule has 16 heavy (non-hydrogen) atoms. The molecule has 1 aromatic rings. The molecule has 0 aliphatic rings. The Morgan fingerprint density at radius 1 is 1.38 bits per heavy atom. The van der Waals surface area contributed by atoms with Crippen molar-refractivity contribution in [2.45, 2.75) is 33.6 Å². The second kappa shape index (κ2) is 5.80. The molecule has 0 spiro atoms. The molecule has 2 heteroatoms. The highest BCUT2D eigenvalue weighted by molar-refractivity contribution is 5.99. The zero-order valence-electron chi connectivity index (χ0n) is 10.6. The highest BCUT2D eigenvalue weighted by Gasteiger charge is 2.10. The largest absolute Gasteiger partial charge is 0.310 e. The zero-order chi connectivity index (χ0) is 12.1. The maximum atomic E-state index is 11.9. The molecule has 0 aliphatic heterocycles. The van der Waals surface area contributed by atoms with Crippen molar-refractivity contribution in [3.8, 4) is 0 Å². The molecular formula is C14H21NO. The first-order chi connectivity index (χ1) is 7.56. The summed E-state index contributed by atoms with van der Waals surface area (Å²) >= 11 is 0. The van der Waals surface area contributed by atoms with Gasteiger partial charge in [0, 0.05) is 5.56 Å². The molecule has 0 saturated heterocycles. The van der Waals surface area contributed by atoms with Gasteiger partial charge < -0.3 is 5.32 Å². The molecule has 88 valence electrons. The Hall–Kier alpha value is -1.15. The van der Waals surface area contributed by atoms with Gasteiger partial charge in [0.1, 0.15) is 0 Å². The van der Waals surface area contributed by atoms with Crippen LogP contribution in [-0.4, -0.2) is 18.9 Å². The van der Waals surface area contributed by atoms with E-state index < -0.39 is 0 Å². The van der Waals surface area contributed by atoms with E-state index >= 15 is 0 Å². The van der Waals surface area contributed by atoms with E-state index in [0.29, 0.717) is 12.5 Å². The number of rotatable bonds is 5. The van der Waals surface area contributed by atoms with Crippen molar-refractivity contribution in [1.29, 1.82) is 0 Å². The Balaban J connectivity index is 2.93. The molecular weight excluding hydrogens is 198 g/mol. The number of Topliss-reactive ketones (excluding diaryl/α,β-unsaturated/α-hetero) is 1. The fraction of sp³-hybridized carbons (Fsp3) is 0.500. The predicted octanol–water partition coefficient (Wildman–Crippen LogP) is 2.91. The van der Waals surface area contributed by atoms with Crippen molar-refractivity contribution in [3.05, 3.63) is 34.9 Å². The number of hydrogen-bond donors (Lipinski definition) is 1. The maximum absolute atomic E-state index is 11.9. The van der Waals surface area contributed by atoms with Gasteiger partial charge in [0.05, 0.1) is 6.54 Å². The first-order valence-electron chi connectivity index (χ1n) is 5.90. The highest BCUT2D eigenvalue weighted by Crippen LogP contribution is 2.18. The molecule has 0 radical (unpaired) electrons. The van der Waals surface area contributed by atoms with E-state index in [0.717, 1.165) is 17.7 Å². The normalized spacial score (nSPS) is 10.8. The molecule has 2 nitrogen and oxygen atoms in total. The maximum Gasteiger partial charge on any atom is 0.176 e. The van der Waals surface area contributed by atoms with E-state index in [1.54, 1.807) is 0 Å². The van der Waals surface area contributed by atoms with Gasteiger partial charge in [-0.15, -0.1) is 0 Å². The number of nitrogens with one attached hydrogen (secondary N) is 1. The summed E-state index contributed by atoms with van der Waals surface area (Å²) in [6.07, 6.45) is 0. The van der Waals surface area contributed by atoms with Gasteiger partial charge in [0.25, 0.3) is 0 Å². The van der Waals surface area contributed by atoms with Crippen molar-refractivity contribution >= 4 is 5.78 Å². The Bertz CT molecular complexity index is 369. The average Bonchev–Trinajstić information content (AvgIpc) is 2.26. The van der Waals surface area contributed by atoms with E-state index in [9.17, 15) is 4.79 Å². The van der Waals surface area contributed by atoms with Crippen LogP contribution in [0.25, 0.3) is 0 Å². The van der Waals surface area contributed by atoms with Crippen LogP contribution in [0.1, 0.15) is 48.2 Å². The quantitative estimate of drug-likeness (QED) is 0.771. The summed E-state index contributed by atoms with van der Waals surface area (Å²) in [5, 5.41) is 3.07. The van der Waals surface area contributed by atoms with Crippen LogP contribution in [0.5, 0.6) is 0 Å². The number of likely N-dealkylation sites (N-methyl/N-ethyl adjacent to an activating group) is 1. The monoisotopic (exact) mass is 219 g/mol. The first kappa shape index (κ1) is 12.9. The lowest BCUT2D eigenvalue weighted by molar-refractivity contribution is 0.0991. The lowest BCUT2D eigenvalue weighted by Crippen LogP contribution is -2.23. The molecule has 0 heterocycles. The summed E-state index contributed by atoms with van der Waals surface area (Å²) in [5.41, 5.74) is 3.14. The van der Waals surface area contributed by atoms with E-state index in [2.05, 4.69) is 25.2 Å². The third-order valence-electron chi connectivity index (χ3n) is 2.76. The SMILES string of the molecule is CCNCC(=O)c1cc(C(C)C)ccc1C. The lowest BCUT2D eigenvalue weighted by atomic mass is 9.96. The van der Waals surface area contributed by atoms with E-state index in [-0.39, 0.29) is 5.78 Å². The minimum Gasteiger partial charge on any atom is -0.310 e. The fourth-order valence-electron chi connectivity index (χ4n) is 1.63. The topological polar surface area (TPSA) is 29.1 Å². The van der Waals surface area contributed by atoms with Crippen LogP contribution in [-0.2, 0) is 0 Å². The van der Waals surface area contributed by atoms with Gasteiger partial charge in [-0.3, -0.25) is 4.79 Å². The smallest absolute Gasteiger partial charge is 0.176 e. The standard InChI is InChI=1S/C14H21NO/c1-5-15-9-14(16)13-8-12(10(2)3)7-6-11(13)4/h6-8,10,15H,5,9H2,1-4H3. The average molecular weight is 219 g/mol. The number of ketones is 1. The van der Waals surface area contributed by atoms with Crippen molar-refractivity contribution in [2.24, 2.45) is 0 Å². The molecule has 1 rings (SSSR count). The third-order valence-corrected chi connectivity index (χ3v) is 2.76. The highest BCUT2D eigenvalue weighted by atomic mass is 16.1. The Morgan fingerprint density at radius 3 is 2.62 bits per heavy atom. The second-order valence-corrected chi connectivity index (χ2v) is 4.43. The molecule has 0 fully saturated rings. The lowest BCUT2D eigenvalue weighted by Gasteiger charge is -2.10. The third kappa shape index (κ3) is 3.17. The molecule has 0 unspecified atom stereocenters. The van der Waals surface area contributed by atoms with Gasteiger partial charge in [-0.2, -0.15) is 0 Å². The summed E-state index contributed by atoms with van der Waals surface area (Å²) in [7, 11) is 0. The molecule has 0 aliphatic carbocycles. The van der Waals surface area contributed by atoms with Crippen LogP contribution < -0.4 is 5.32 Å². The van der Waals surface area contributed by atoms with Crippen molar-refractivity contribution in [2.75, 3.05) is 13.1 Å². The zero-order valence-corrected chi connectivity index (χ0v) is 10.6. The first-order valence-corrected chi connectivity index (χ1v) is 5.90. The Morgan fingerprint density at radius 2 is 2.06 bits per heavy atom. The van der Waals surface area contributed by atoms with Crippen LogP contribution in [0.4, 0.5) is 0 Å². The van der Waals surface area contributed by atoms with Crippen LogP contribution >= 0.6 is 0 Å². The Labute approximate surface area is 98.1 Å². The number of hydrogen-bond acceptors (Lipinski definition) is 2. The Kier molecular flexibility index (Phi) is 4.69. The van der Waals surface area contributed by atoms with E-state index in [1.807, 2.05) is 26.0 Å². The van der Waals surface area contributed by atoms with Crippen LogP contribution in [0.3, 0.4) is 0 Å². The van der Waals surface area contributed by atoms with Gasteiger partial charge >= 0.3 is 0 Å². The fourth-order valence-corrected chi connectivity index (χ4v) is 1.63. The minimum absolute atomic E-state index is 0.182. The van der Waals surface area contributed by atoms with Gasteiger partial charge in [-0.05, 0) is 36.6 Å². The van der Waals surface area contributed by atoms with Gasteiger partial charge in [0.15, 0.2) is 5.78 Å². The van der Waals surface area contributed by atoms with Crippen molar-refractivity contribution in [3.63, 3.8) is 0 Å². The molecule has 0 saturated carbocycles. The summed E-state index contributed by atoms with van der Waals surface area (Å²) in [6, 6.07) is 6.16. The molecule has 1 N–H and O–H groups in total. The van der Waals surface area contributed by atoms with E-state index in [4.69, 9.17) is 0 Å². The van der Waals surface area contributed by atoms with Crippen molar-refractivity contribution in [1.82, 2.24) is 5.32 Å². The van der Waals surface area contributed by atoms with Gasteiger partial charge in [-0.25, -0.2) is 0 Å². The van der Waals surface area contributed by atoms with Crippen molar-refractivity contribution < 1.29 is 4.79 Å². The molecule has 0 bridgehead atoms. The molecule has 0 aromatic heterocycles. The predicted molar refractivity (Wildman–Crippen MR) is 68.1 cm³/mol.